The molecule has 1 aliphatic heterocycles. The molecule has 1 saturated carbocycles. The highest BCUT2D eigenvalue weighted by molar-refractivity contribution is 6.03. The second-order valence-corrected chi connectivity index (χ2v) is 10.2. The number of pyridine rings is 2. The lowest BCUT2D eigenvalue weighted by atomic mass is 9.95. The number of nitrogens with zero attached hydrogens (tertiary/aromatic N) is 6. The van der Waals surface area contributed by atoms with Gasteiger partial charge in [0.15, 0.2) is 17.2 Å². The van der Waals surface area contributed by atoms with Gasteiger partial charge in [-0.05, 0) is 50.3 Å². The van der Waals surface area contributed by atoms with Gasteiger partial charge < -0.3 is 20.9 Å². The molecule has 4 aromatic rings. The molecule has 0 bridgehead atoms. The van der Waals surface area contributed by atoms with Crippen LogP contribution in [0.25, 0.3) is 5.65 Å². The molecule has 0 atom stereocenters. The summed E-state index contributed by atoms with van der Waals surface area (Å²) in [5.74, 6) is 1.11. The fourth-order valence-electron chi connectivity index (χ4n) is 5.33. The molecule has 1 amide bonds. The highest BCUT2D eigenvalue weighted by Gasteiger charge is 2.21. The first-order chi connectivity index (χ1) is 19.1. The predicted molar refractivity (Wildman–Crippen MR) is 149 cm³/mol. The van der Waals surface area contributed by atoms with Crippen LogP contribution in [0.5, 0.6) is 0 Å². The van der Waals surface area contributed by atoms with Crippen LogP contribution < -0.4 is 20.9 Å². The van der Waals surface area contributed by atoms with Crippen LogP contribution >= 0.6 is 0 Å². The Morgan fingerprint density at radius 3 is 2.59 bits per heavy atom. The Morgan fingerprint density at radius 1 is 0.949 bits per heavy atom. The van der Waals surface area contributed by atoms with E-state index >= 15 is 0 Å². The number of piperidine rings is 1. The summed E-state index contributed by atoms with van der Waals surface area (Å²) in [5.41, 5.74) is 1.36. The van der Waals surface area contributed by atoms with Crippen molar-refractivity contribution in [3.05, 3.63) is 60.4 Å². The standard InChI is InChI=1S/C28H32FN9O/c29-20-17-30-13-12-21(20)34-28(39)23-18-31-27-22(16-25(36-38(23)27)32-19-8-3-1-4-9-19)33-24-10-7-11-26(35-24)37-14-5-2-6-15-37/h7,10-13,16-19H,1-6,8-9,14-15H2,(H,32,36)(H,33,35)(H,30,34,39). The van der Waals surface area contributed by atoms with Crippen molar-refractivity contribution in [3.63, 3.8) is 0 Å². The van der Waals surface area contributed by atoms with Crippen molar-refractivity contribution in [2.45, 2.75) is 57.4 Å². The van der Waals surface area contributed by atoms with E-state index in [0.29, 0.717) is 29.0 Å². The summed E-state index contributed by atoms with van der Waals surface area (Å²) < 4.78 is 15.7. The van der Waals surface area contributed by atoms with Crippen molar-refractivity contribution in [3.8, 4) is 0 Å². The van der Waals surface area contributed by atoms with Crippen molar-refractivity contribution < 1.29 is 9.18 Å². The molecule has 10 nitrogen and oxygen atoms in total. The SMILES string of the molecule is O=C(Nc1ccncc1F)c1cnc2c(Nc3cccc(N4CCCCC4)n3)cc(NC3CCCCC3)nn12. The summed E-state index contributed by atoms with van der Waals surface area (Å²) in [7, 11) is 0. The third-order valence-corrected chi connectivity index (χ3v) is 7.36. The number of rotatable bonds is 7. The first-order valence-electron chi connectivity index (χ1n) is 13.7. The molecule has 4 aromatic heterocycles. The number of halogens is 1. The smallest absolute Gasteiger partial charge is 0.276 e. The number of carbonyl (C=O) groups is 1. The molecule has 11 heteroatoms. The number of carbonyl (C=O) groups excluding carboxylic acids is 1. The maximum absolute atomic E-state index is 14.2. The lowest BCUT2D eigenvalue weighted by Gasteiger charge is -2.28. The van der Waals surface area contributed by atoms with Crippen LogP contribution in [0.2, 0.25) is 0 Å². The minimum atomic E-state index is -0.616. The van der Waals surface area contributed by atoms with E-state index in [-0.39, 0.29) is 11.4 Å². The van der Waals surface area contributed by atoms with Crippen LogP contribution in [-0.4, -0.2) is 49.6 Å². The molecule has 1 saturated heterocycles. The van der Waals surface area contributed by atoms with E-state index < -0.39 is 11.7 Å². The van der Waals surface area contributed by atoms with E-state index in [2.05, 4.69) is 30.8 Å². The van der Waals surface area contributed by atoms with Gasteiger partial charge in [-0.2, -0.15) is 0 Å². The molecule has 39 heavy (non-hydrogen) atoms. The maximum atomic E-state index is 14.2. The quantitative estimate of drug-likeness (QED) is 0.292. The predicted octanol–water partition coefficient (Wildman–Crippen LogP) is 5.39. The van der Waals surface area contributed by atoms with Crippen LogP contribution in [0.3, 0.4) is 0 Å². The molecule has 5 heterocycles. The molecule has 1 aliphatic carbocycles. The van der Waals surface area contributed by atoms with E-state index in [1.165, 1.54) is 61.5 Å². The van der Waals surface area contributed by atoms with Gasteiger partial charge in [0.1, 0.15) is 17.5 Å². The number of anilines is 5. The number of fused-ring (bicyclic) bond motifs is 1. The monoisotopic (exact) mass is 529 g/mol. The van der Waals surface area contributed by atoms with Gasteiger partial charge in [0.05, 0.1) is 23.8 Å². The Hall–Kier alpha value is -4.28. The number of hydrogen-bond donors (Lipinski definition) is 3. The highest BCUT2D eigenvalue weighted by atomic mass is 19.1. The molecule has 6 rings (SSSR count). The first-order valence-corrected chi connectivity index (χ1v) is 13.7. The molecule has 2 aliphatic rings. The first kappa shape index (κ1) is 25.0. The third-order valence-electron chi connectivity index (χ3n) is 7.36. The molecule has 0 unspecified atom stereocenters. The number of hydrogen-bond acceptors (Lipinski definition) is 8. The van der Waals surface area contributed by atoms with E-state index in [9.17, 15) is 9.18 Å². The summed E-state index contributed by atoms with van der Waals surface area (Å²) in [6.07, 6.45) is 13.3. The largest absolute Gasteiger partial charge is 0.366 e. The summed E-state index contributed by atoms with van der Waals surface area (Å²) >= 11 is 0. The van der Waals surface area contributed by atoms with Gasteiger partial charge in [-0.1, -0.05) is 25.3 Å². The van der Waals surface area contributed by atoms with Crippen LogP contribution in [0, 0.1) is 5.82 Å². The topological polar surface area (TPSA) is 112 Å². The van der Waals surface area contributed by atoms with Crippen LogP contribution in [0.4, 0.5) is 33.2 Å². The van der Waals surface area contributed by atoms with Crippen LogP contribution in [-0.2, 0) is 0 Å². The van der Waals surface area contributed by atoms with Crippen molar-refractivity contribution in [2.24, 2.45) is 0 Å². The van der Waals surface area contributed by atoms with E-state index in [0.717, 1.165) is 37.9 Å². The minimum Gasteiger partial charge on any atom is -0.366 e. The molecule has 0 aromatic carbocycles. The van der Waals surface area contributed by atoms with Crippen molar-refractivity contribution >= 4 is 40.4 Å². The zero-order valence-corrected chi connectivity index (χ0v) is 21.7. The van der Waals surface area contributed by atoms with Gasteiger partial charge in [0, 0.05) is 31.4 Å². The van der Waals surface area contributed by atoms with Gasteiger partial charge >= 0.3 is 0 Å². The van der Waals surface area contributed by atoms with Crippen molar-refractivity contribution in [2.75, 3.05) is 33.9 Å². The minimum absolute atomic E-state index is 0.0403. The Morgan fingerprint density at radius 2 is 1.77 bits per heavy atom. The molecule has 0 spiro atoms. The van der Waals surface area contributed by atoms with Crippen molar-refractivity contribution in [1.29, 1.82) is 0 Å². The van der Waals surface area contributed by atoms with E-state index in [1.54, 1.807) is 0 Å². The van der Waals surface area contributed by atoms with Gasteiger partial charge in [-0.25, -0.2) is 18.9 Å². The lowest BCUT2D eigenvalue weighted by molar-refractivity contribution is 0.102. The Kier molecular flexibility index (Phi) is 7.20. The number of aromatic nitrogens is 5. The van der Waals surface area contributed by atoms with Crippen LogP contribution in [0.1, 0.15) is 61.9 Å². The fourth-order valence-corrected chi connectivity index (χ4v) is 5.33. The van der Waals surface area contributed by atoms with Gasteiger partial charge in [0.2, 0.25) is 0 Å². The second-order valence-electron chi connectivity index (χ2n) is 10.2. The fraction of sp³-hybridized carbons (Fsp3) is 0.393. The number of nitrogens with one attached hydrogen (secondary N) is 3. The van der Waals surface area contributed by atoms with Gasteiger partial charge in [0.25, 0.3) is 5.91 Å². The van der Waals surface area contributed by atoms with Gasteiger partial charge in [-0.15, -0.1) is 5.10 Å². The summed E-state index contributed by atoms with van der Waals surface area (Å²) in [6, 6.07) is 9.58. The highest BCUT2D eigenvalue weighted by Crippen LogP contribution is 2.28. The Balaban J connectivity index is 1.34. The van der Waals surface area contributed by atoms with Gasteiger partial charge in [-0.3, -0.25) is 9.78 Å². The lowest BCUT2D eigenvalue weighted by Crippen LogP contribution is -2.30. The van der Waals surface area contributed by atoms with E-state index in [4.69, 9.17) is 10.1 Å². The maximum Gasteiger partial charge on any atom is 0.276 e. The Bertz CT molecular complexity index is 1460. The van der Waals surface area contributed by atoms with E-state index in [1.807, 2.05) is 24.3 Å². The number of imidazole rings is 1. The Labute approximate surface area is 226 Å². The van der Waals surface area contributed by atoms with Crippen molar-refractivity contribution in [1.82, 2.24) is 24.6 Å². The average Bonchev–Trinajstić information content (AvgIpc) is 3.40. The average molecular weight is 530 g/mol. The molecule has 202 valence electrons. The summed E-state index contributed by atoms with van der Waals surface area (Å²) in [5, 5.41) is 14.3. The van der Waals surface area contributed by atoms with Crippen LogP contribution in [0.15, 0.2) is 48.9 Å². The molecular weight excluding hydrogens is 497 g/mol. The molecule has 2 fully saturated rings. The molecule has 3 N–H and O–H groups in total. The summed E-state index contributed by atoms with van der Waals surface area (Å²) in [4.78, 5) is 28.6. The summed E-state index contributed by atoms with van der Waals surface area (Å²) in [6.45, 7) is 2.00. The third kappa shape index (κ3) is 5.62. The molecular formula is C28H32FN9O. The normalized spacial score (nSPS) is 16.3. The zero-order chi connectivity index (χ0) is 26.6. The second kappa shape index (κ2) is 11.2. The zero-order valence-electron chi connectivity index (χ0n) is 21.7. The molecule has 0 radical (unpaired) electrons. The number of amides is 1.